The third-order valence-corrected chi connectivity index (χ3v) is 4.33. The first-order chi connectivity index (χ1) is 13.1. The van der Waals surface area contributed by atoms with E-state index in [4.69, 9.17) is 0 Å². The number of piperazine rings is 1. The summed E-state index contributed by atoms with van der Waals surface area (Å²) in [7, 11) is 0. The van der Waals surface area contributed by atoms with Gasteiger partial charge >= 0.3 is 6.03 Å². The van der Waals surface area contributed by atoms with Crippen LogP contribution in [0.2, 0.25) is 0 Å². The van der Waals surface area contributed by atoms with Crippen LogP contribution in [0.3, 0.4) is 0 Å². The molecule has 1 fully saturated rings. The van der Waals surface area contributed by atoms with E-state index in [-0.39, 0.29) is 18.4 Å². The van der Waals surface area contributed by atoms with Crippen molar-refractivity contribution in [2.75, 3.05) is 51.1 Å². The molecule has 1 aliphatic heterocycles. The van der Waals surface area contributed by atoms with Crippen LogP contribution in [0.15, 0.2) is 30.3 Å². The summed E-state index contributed by atoms with van der Waals surface area (Å²) in [5.41, 5.74) is 0.787. The van der Waals surface area contributed by atoms with Gasteiger partial charge in [-0.2, -0.15) is 0 Å². The van der Waals surface area contributed by atoms with Crippen LogP contribution in [0.4, 0.5) is 10.5 Å². The first-order valence-corrected chi connectivity index (χ1v) is 9.44. The van der Waals surface area contributed by atoms with Gasteiger partial charge < -0.3 is 10.6 Å². The number of imide groups is 1. The van der Waals surface area contributed by atoms with Crippen molar-refractivity contribution in [3.63, 3.8) is 0 Å². The lowest BCUT2D eigenvalue weighted by atomic mass is 10.3. The number of nitrogens with zero attached hydrogens (tertiary/aromatic N) is 2. The van der Waals surface area contributed by atoms with Gasteiger partial charge in [-0.15, -0.1) is 0 Å². The fourth-order valence-electron chi connectivity index (χ4n) is 2.82. The third kappa shape index (κ3) is 8.19. The van der Waals surface area contributed by atoms with Crippen LogP contribution in [-0.2, 0) is 9.59 Å². The molecule has 4 amide bonds. The Morgan fingerprint density at radius 2 is 1.52 bits per heavy atom. The average molecular weight is 375 g/mol. The number of urea groups is 1. The SMILES string of the molecule is CCCCNC(=O)NC(=O)CN1CCN(CC(=O)Nc2ccccc2)CC1. The number of benzene rings is 1. The van der Waals surface area contributed by atoms with Gasteiger partial charge in [0.2, 0.25) is 11.8 Å². The van der Waals surface area contributed by atoms with Crippen molar-refractivity contribution in [1.82, 2.24) is 20.4 Å². The summed E-state index contributed by atoms with van der Waals surface area (Å²) in [6, 6.07) is 8.93. The molecule has 0 aromatic heterocycles. The Labute approximate surface area is 160 Å². The highest BCUT2D eigenvalue weighted by Crippen LogP contribution is 2.06. The molecule has 0 spiro atoms. The Morgan fingerprint density at radius 3 is 2.11 bits per heavy atom. The van der Waals surface area contributed by atoms with Crippen molar-refractivity contribution in [3.05, 3.63) is 30.3 Å². The highest BCUT2D eigenvalue weighted by molar-refractivity contribution is 5.95. The summed E-state index contributed by atoms with van der Waals surface area (Å²) >= 11 is 0. The van der Waals surface area contributed by atoms with Crippen LogP contribution in [0.1, 0.15) is 19.8 Å². The maximum Gasteiger partial charge on any atom is 0.321 e. The summed E-state index contributed by atoms with van der Waals surface area (Å²) < 4.78 is 0. The zero-order valence-electron chi connectivity index (χ0n) is 15.9. The number of amides is 4. The average Bonchev–Trinajstić information content (AvgIpc) is 2.64. The Kier molecular flexibility index (Phi) is 8.73. The lowest BCUT2D eigenvalue weighted by molar-refractivity contribution is -0.122. The van der Waals surface area contributed by atoms with Gasteiger partial charge in [0.25, 0.3) is 0 Å². The summed E-state index contributed by atoms with van der Waals surface area (Å²) in [5, 5.41) is 7.88. The highest BCUT2D eigenvalue weighted by atomic mass is 16.2. The third-order valence-electron chi connectivity index (χ3n) is 4.33. The van der Waals surface area contributed by atoms with Gasteiger partial charge in [-0.25, -0.2) is 4.79 Å². The normalized spacial score (nSPS) is 15.1. The minimum atomic E-state index is -0.440. The second-order valence-corrected chi connectivity index (χ2v) is 6.62. The molecule has 0 saturated carbocycles. The quantitative estimate of drug-likeness (QED) is 0.586. The molecule has 3 N–H and O–H groups in total. The van der Waals surface area contributed by atoms with Gasteiger partial charge in [0, 0.05) is 38.4 Å². The Morgan fingerprint density at radius 1 is 0.926 bits per heavy atom. The van der Waals surface area contributed by atoms with Gasteiger partial charge in [0.15, 0.2) is 0 Å². The van der Waals surface area contributed by atoms with Crippen molar-refractivity contribution in [2.45, 2.75) is 19.8 Å². The molecular weight excluding hydrogens is 346 g/mol. The molecule has 1 aromatic rings. The first kappa shape index (κ1) is 20.9. The lowest BCUT2D eigenvalue weighted by Crippen LogP contribution is -2.52. The number of rotatable bonds is 8. The molecule has 1 saturated heterocycles. The van der Waals surface area contributed by atoms with Gasteiger partial charge in [-0.3, -0.25) is 24.7 Å². The fourth-order valence-corrected chi connectivity index (χ4v) is 2.82. The second-order valence-electron chi connectivity index (χ2n) is 6.62. The first-order valence-electron chi connectivity index (χ1n) is 9.44. The van der Waals surface area contributed by atoms with Crippen LogP contribution in [0, 0.1) is 0 Å². The minimum absolute atomic E-state index is 0.0452. The number of carbonyl (C=O) groups is 3. The topological polar surface area (TPSA) is 93.8 Å². The Bertz CT molecular complexity index is 615. The van der Waals surface area contributed by atoms with E-state index in [1.54, 1.807) is 0 Å². The number of unbranched alkanes of at least 4 members (excludes halogenated alkanes) is 1. The molecule has 0 radical (unpaired) electrons. The maximum absolute atomic E-state index is 12.1. The van der Waals surface area contributed by atoms with E-state index in [2.05, 4.69) is 20.9 Å². The summed E-state index contributed by atoms with van der Waals surface area (Å²) in [6.45, 7) is 5.90. The molecule has 27 heavy (non-hydrogen) atoms. The molecule has 8 nitrogen and oxygen atoms in total. The van der Waals surface area contributed by atoms with E-state index < -0.39 is 6.03 Å². The summed E-state index contributed by atoms with van der Waals surface area (Å²) in [5.74, 6) is -0.351. The molecule has 0 atom stereocenters. The standard InChI is InChI=1S/C19H29N5O3/c1-2-3-9-20-19(27)22-18(26)15-24-12-10-23(11-13-24)14-17(25)21-16-7-5-4-6-8-16/h4-8H,2-3,9-15H2,1H3,(H,21,25)(H2,20,22,26,27). The highest BCUT2D eigenvalue weighted by Gasteiger charge is 2.21. The van der Waals surface area contributed by atoms with Crippen LogP contribution in [0.25, 0.3) is 0 Å². The molecular formula is C19H29N5O3. The number of carbonyl (C=O) groups excluding carboxylic acids is 3. The van der Waals surface area contributed by atoms with E-state index in [0.29, 0.717) is 39.3 Å². The van der Waals surface area contributed by atoms with Crippen LogP contribution in [-0.4, -0.2) is 73.5 Å². The largest absolute Gasteiger partial charge is 0.338 e. The molecule has 1 aliphatic rings. The van der Waals surface area contributed by atoms with E-state index >= 15 is 0 Å². The summed E-state index contributed by atoms with van der Waals surface area (Å²) in [6.07, 6.45) is 1.88. The molecule has 1 aromatic carbocycles. The maximum atomic E-state index is 12.1. The predicted molar refractivity (Wildman–Crippen MR) is 104 cm³/mol. The number of hydrogen-bond donors (Lipinski definition) is 3. The molecule has 0 unspecified atom stereocenters. The van der Waals surface area contributed by atoms with E-state index in [0.717, 1.165) is 18.5 Å². The van der Waals surface area contributed by atoms with Crippen LogP contribution in [0.5, 0.6) is 0 Å². The van der Waals surface area contributed by atoms with Crippen molar-refractivity contribution in [3.8, 4) is 0 Å². The molecule has 148 valence electrons. The van der Waals surface area contributed by atoms with Crippen molar-refractivity contribution >= 4 is 23.5 Å². The van der Waals surface area contributed by atoms with Crippen molar-refractivity contribution < 1.29 is 14.4 Å². The number of hydrogen-bond acceptors (Lipinski definition) is 5. The second kappa shape index (κ2) is 11.3. The van der Waals surface area contributed by atoms with Crippen LogP contribution >= 0.6 is 0 Å². The van der Waals surface area contributed by atoms with Gasteiger partial charge in [0.05, 0.1) is 13.1 Å². The monoisotopic (exact) mass is 375 g/mol. The molecule has 1 heterocycles. The van der Waals surface area contributed by atoms with E-state index in [1.165, 1.54) is 0 Å². The zero-order valence-corrected chi connectivity index (χ0v) is 15.9. The molecule has 2 rings (SSSR count). The van der Waals surface area contributed by atoms with Gasteiger partial charge in [0.1, 0.15) is 0 Å². The van der Waals surface area contributed by atoms with E-state index in [1.807, 2.05) is 42.2 Å². The van der Waals surface area contributed by atoms with Gasteiger partial charge in [-0.05, 0) is 18.6 Å². The predicted octanol–water partition coefficient (Wildman–Crippen LogP) is 0.869. The Balaban J connectivity index is 1.62. The zero-order chi connectivity index (χ0) is 19.5. The van der Waals surface area contributed by atoms with Crippen molar-refractivity contribution in [1.29, 1.82) is 0 Å². The number of para-hydroxylation sites is 1. The van der Waals surface area contributed by atoms with Crippen LogP contribution < -0.4 is 16.0 Å². The fraction of sp³-hybridized carbons (Fsp3) is 0.526. The van der Waals surface area contributed by atoms with Crippen molar-refractivity contribution in [2.24, 2.45) is 0 Å². The molecule has 0 bridgehead atoms. The molecule has 8 heteroatoms. The van der Waals surface area contributed by atoms with E-state index in [9.17, 15) is 14.4 Å². The lowest BCUT2D eigenvalue weighted by Gasteiger charge is -2.33. The van der Waals surface area contributed by atoms with Gasteiger partial charge in [-0.1, -0.05) is 31.5 Å². The molecule has 0 aliphatic carbocycles. The minimum Gasteiger partial charge on any atom is -0.338 e. The number of anilines is 1. The number of nitrogens with one attached hydrogen (secondary N) is 3. The Hall–Kier alpha value is -2.45. The summed E-state index contributed by atoms with van der Waals surface area (Å²) in [4.78, 5) is 39.6. The smallest absolute Gasteiger partial charge is 0.321 e.